The van der Waals surface area contributed by atoms with Crippen molar-refractivity contribution in [3.05, 3.63) is 55.6 Å². The van der Waals surface area contributed by atoms with E-state index in [2.05, 4.69) is 22.6 Å². The summed E-state index contributed by atoms with van der Waals surface area (Å²) in [4.78, 5) is 13.9. The van der Waals surface area contributed by atoms with Gasteiger partial charge in [-0.1, -0.05) is 29.3 Å². The molecule has 0 aliphatic carbocycles. The van der Waals surface area contributed by atoms with E-state index in [1.54, 1.807) is 23.1 Å². The second kappa shape index (κ2) is 6.02. The largest absolute Gasteiger partial charge is 0.482 e. The van der Waals surface area contributed by atoms with Crippen LogP contribution in [0.5, 0.6) is 5.75 Å². The predicted molar refractivity (Wildman–Crippen MR) is 92.3 cm³/mol. The summed E-state index contributed by atoms with van der Waals surface area (Å²) in [5, 5.41) is 1.10. The van der Waals surface area contributed by atoms with E-state index in [0.29, 0.717) is 22.3 Å². The molecule has 1 amide bonds. The molecule has 1 aliphatic rings. The lowest BCUT2D eigenvalue weighted by atomic mass is 10.1. The molecule has 2 aromatic rings. The Morgan fingerprint density at radius 1 is 1.19 bits per heavy atom. The predicted octanol–water partition coefficient (Wildman–Crippen LogP) is 4.52. The smallest absolute Gasteiger partial charge is 0.265 e. The highest BCUT2D eigenvalue weighted by molar-refractivity contribution is 14.1. The number of nitrogens with zero attached hydrogens (tertiary/aromatic N) is 1. The first-order valence-corrected chi connectivity index (χ1v) is 8.05. The Bertz CT molecular complexity index is 701. The third kappa shape index (κ3) is 2.98. The van der Waals surface area contributed by atoms with Gasteiger partial charge in [-0.05, 0) is 52.9 Å². The number of rotatable bonds is 2. The van der Waals surface area contributed by atoms with Crippen molar-refractivity contribution in [2.45, 2.75) is 6.54 Å². The van der Waals surface area contributed by atoms with Crippen LogP contribution in [0.2, 0.25) is 10.0 Å². The summed E-state index contributed by atoms with van der Waals surface area (Å²) in [6.07, 6.45) is 0. The van der Waals surface area contributed by atoms with E-state index >= 15 is 0 Å². The van der Waals surface area contributed by atoms with Crippen molar-refractivity contribution in [1.82, 2.24) is 0 Å². The number of hydrogen-bond donors (Lipinski definition) is 0. The summed E-state index contributed by atoms with van der Waals surface area (Å²) in [5.41, 5.74) is 1.48. The molecular weight excluding hydrogens is 424 g/mol. The van der Waals surface area contributed by atoms with Crippen LogP contribution in [0.25, 0.3) is 0 Å². The molecule has 0 aromatic heterocycles. The first-order valence-electron chi connectivity index (χ1n) is 6.22. The Balaban J connectivity index is 2.03. The second-order valence-electron chi connectivity index (χ2n) is 4.58. The third-order valence-electron chi connectivity index (χ3n) is 3.24. The Hall–Kier alpha value is -0.980. The Morgan fingerprint density at radius 2 is 1.90 bits per heavy atom. The van der Waals surface area contributed by atoms with E-state index in [4.69, 9.17) is 27.9 Å². The van der Waals surface area contributed by atoms with Crippen LogP contribution in [-0.2, 0) is 11.3 Å². The molecule has 0 spiro atoms. The van der Waals surface area contributed by atoms with Gasteiger partial charge in [0.1, 0.15) is 5.75 Å². The molecule has 3 rings (SSSR count). The molecule has 0 fully saturated rings. The fourth-order valence-electron chi connectivity index (χ4n) is 2.19. The van der Waals surface area contributed by atoms with Gasteiger partial charge in [0.2, 0.25) is 0 Å². The van der Waals surface area contributed by atoms with Crippen molar-refractivity contribution in [3.8, 4) is 5.75 Å². The highest BCUT2D eigenvalue weighted by Crippen LogP contribution is 2.36. The highest BCUT2D eigenvalue weighted by atomic mass is 127. The minimum Gasteiger partial charge on any atom is -0.482 e. The Kier molecular flexibility index (Phi) is 4.28. The van der Waals surface area contributed by atoms with Gasteiger partial charge in [0.15, 0.2) is 6.61 Å². The van der Waals surface area contributed by atoms with Crippen molar-refractivity contribution < 1.29 is 9.53 Å². The van der Waals surface area contributed by atoms with Gasteiger partial charge in [-0.3, -0.25) is 4.79 Å². The second-order valence-corrected chi connectivity index (χ2v) is 6.64. The topological polar surface area (TPSA) is 29.5 Å². The van der Waals surface area contributed by atoms with Gasteiger partial charge < -0.3 is 9.64 Å². The minimum atomic E-state index is -0.111. The molecule has 0 atom stereocenters. The SMILES string of the molecule is O=C1COc2ccc(I)cc2N1Cc1c(Cl)cccc1Cl. The van der Waals surface area contributed by atoms with Gasteiger partial charge in [-0.15, -0.1) is 0 Å². The van der Waals surface area contributed by atoms with Crippen molar-refractivity contribution in [1.29, 1.82) is 0 Å². The standard InChI is InChI=1S/C15H10Cl2INO2/c16-11-2-1-3-12(17)10(11)7-19-13-6-9(18)4-5-14(13)21-8-15(19)20/h1-6H,7-8H2. The average Bonchev–Trinajstić information content (AvgIpc) is 2.45. The Labute approximate surface area is 145 Å². The molecule has 0 N–H and O–H groups in total. The van der Waals surface area contributed by atoms with Gasteiger partial charge in [0, 0.05) is 19.2 Å². The van der Waals surface area contributed by atoms with Crippen LogP contribution < -0.4 is 9.64 Å². The van der Waals surface area contributed by atoms with Crippen LogP contribution in [0.3, 0.4) is 0 Å². The van der Waals surface area contributed by atoms with Gasteiger partial charge in [-0.2, -0.15) is 0 Å². The summed E-state index contributed by atoms with van der Waals surface area (Å²) >= 11 is 14.6. The van der Waals surface area contributed by atoms with Crippen LogP contribution in [0.1, 0.15) is 5.56 Å². The Morgan fingerprint density at radius 3 is 2.62 bits per heavy atom. The third-order valence-corrected chi connectivity index (χ3v) is 4.62. The first-order chi connectivity index (χ1) is 10.1. The molecule has 21 heavy (non-hydrogen) atoms. The normalized spacial score (nSPS) is 13.9. The molecule has 108 valence electrons. The summed E-state index contributed by atoms with van der Waals surface area (Å²) in [7, 11) is 0. The molecule has 0 saturated carbocycles. The van der Waals surface area contributed by atoms with Crippen molar-refractivity contribution in [2.75, 3.05) is 11.5 Å². The molecule has 0 unspecified atom stereocenters. The number of hydrogen-bond acceptors (Lipinski definition) is 2. The maximum absolute atomic E-state index is 12.2. The average molecular weight is 434 g/mol. The molecule has 1 aliphatic heterocycles. The zero-order valence-corrected chi connectivity index (χ0v) is 14.4. The van der Waals surface area contributed by atoms with Crippen molar-refractivity contribution >= 4 is 57.4 Å². The number of fused-ring (bicyclic) bond motifs is 1. The van der Waals surface area contributed by atoms with E-state index in [-0.39, 0.29) is 12.5 Å². The van der Waals surface area contributed by atoms with Gasteiger partial charge >= 0.3 is 0 Å². The van der Waals surface area contributed by atoms with Crippen LogP contribution >= 0.6 is 45.8 Å². The van der Waals surface area contributed by atoms with E-state index < -0.39 is 0 Å². The zero-order valence-electron chi connectivity index (χ0n) is 10.8. The molecule has 0 bridgehead atoms. The molecule has 2 aromatic carbocycles. The fourth-order valence-corrected chi connectivity index (χ4v) is 3.18. The summed E-state index contributed by atoms with van der Waals surface area (Å²) < 4.78 is 6.49. The maximum Gasteiger partial charge on any atom is 0.265 e. The minimum absolute atomic E-state index is 0.0235. The molecule has 6 heteroatoms. The number of anilines is 1. The van der Waals surface area contributed by atoms with Crippen LogP contribution in [0.4, 0.5) is 5.69 Å². The molecule has 3 nitrogen and oxygen atoms in total. The summed E-state index contributed by atoms with van der Waals surface area (Å²) in [5.74, 6) is 0.582. The number of benzene rings is 2. The van der Waals surface area contributed by atoms with Crippen LogP contribution in [0, 0.1) is 3.57 Å². The summed E-state index contributed by atoms with van der Waals surface area (Å²) in [6, 6.07) is 11.0. The molecule has 0 saturated heterocycles. The van der Waals surface area contributed by atoms with E-state index in [9.17, 15) is 4.79 Å². The van der Waals surface area contributed by atoms with E-state index in [0.717, 1.165) is 14.8 Å². The first kappa shape index (κ1) is 14.9. The van der Waals surface area contributed by atoms with Gasteiger partial charge in [0.25, 0.3) is 5.91 Å². The van der Waals surface area contributed by atoms with Gasteiger partial charge in [-0.25, -0.2) is 0 Å². The highest BCUT2D eigenvalue weighted by Gasteiger charge is 2.27. The number of carbonyl (C=O) groups is 1. The quantitative estimate of drug-likeness (QED) is 0.651. The van der Waals surface area contributed by atoms with Crippen LogP contribution in [0.15, 0.2) is 36.4 Å². The number of carbonyl (C=O) groups excluding carboxylic acids is 1. The van der Waals surface area contributed by atoms with Crippen molar-refractivity contribution in [3.63, 3.8) is 0 Å². The van der Waals surface area contributed by atoms with E-state index in [1.807, 2.05) is 18.2 Å². The lowest BCUT2D eigenvalue weighted by molar-refractivity contribution is -0.121. The lowest BCUT2D eigenvalue weighted by Crippen LogP contribution is -2.38. The monoisotopic (exact) mass is 433 g/mol. The number of amides is 1. The number of ether oxygens (including phenoxy) is 1. The molecule has 1 heterocycles. The van der Waals surface area contributed by atoms with Crippen LogP contribution in [-0.4, -0.2) is 12.5 Å². The molecular formula is C15H10Cl2INO2. The van der Waals surface area contributed by atoms with Gasteiger partial charge in [0.05, 0.1) is 12.2 Å². The van der Waals surface area contributed by atoms with Crippen molar-refractivity contribution in [2.24, 2.45) is 0 Å². The summed E-state index contributed by atoms with van der Waals surface area (Å²) in [6.45, 7) is 0.351. The maximum atomic E-state index is 12.2. The fraction of sp³-hybridized carbons (Fsp3) is 0.133. The molecule has 0 radical (unpaired) electrons. The van der Waals surface area contributed by atoms with E-state index in [1.165, 1.54) is 0 Å². The zero-order chi connectivity index (χ0) is 15.0. The lowest BCUT2D eigenvalue weighted by Gasteiger charge is -2.30. The number of halogens is 3.